The van der Waals surface area contributed by atoms with Gasteiger partial charge >= 0.3 is 7.12 Å². The van der Waals surface area contributed by atoms with Crippen LogP contribution in [-0.4, -0.2) is 50.4 Å². The van der Waals surface area contributed by atoms with E-state index in [-0.39, 0.29) is 40.0 Å². The molecular weight excluding hydrogens is 564 g/mol. The molecule has 0 saturated carbocycles. The van der Waals surface area contributed by atoms with Crippen LogP contribution in [0.25, 0.3) is 22.3 Å². The topological polar surface area (TPSA) is 129 Å². The predicted molar refractivity (Wildman–Crippen MR) is 158 cm³/mol. The van der Waals surface area contributed by atoms with Crippen LogP contribution in [0, 0.1) is 5.82 Å². The molecule has 0 bridgehead atoms. The van der Waals surface area contributed by atoms with Crippen LogP contribution < -0.4 is 20.2 Å². The Labute approximate surface area is 243 Å². The summed E-state index contributed by atoms with van der Waals surface area (Å²) >= 11 is 0. The van der Waals surface area contributed by atoms with Crippen molar-refractivity contribution in [1.29, 1.82) is 0 Å². The van der Waals surface area contributed by atoms with Crippen LogP contribution in [-0.2, 0) is 19.3 Å². The van der Waals surface area contributed by atoms with Gasteiger partial charge in [0.2, 0.25) is 15.9 Å². The van der Waals surface area contributed by atoms with Gasteiger partial charge in [-0.3, -0.25) is 9.52 Å². The zero-order valence-electron chi connectivity index (χ0n) is 24.1. The Morgan fingerprint density at radius 1 is 1.05 bits per heavy atom. The number of anilines is 1. The number of amides is 1. The molecule has 0 radical (unpaired) electrons. The fraction of sp³-hybridized carbons (Fsp3) is 0.310. The predicted octanol–water partition coefficient (Wildman–Crippen LogP) is 4.85. The van der Waals surface area contributed by atoms with E-state index in [0.717, 1.165) is 0 Å². The summed E-state index contributed by atoms with van der Waals surface area (Å²) in [6.07, 6.45) is 1.48. The molecule has 3 heterocycles. The van der Waals surface area contributed by atoms with Crippen molar-refractivity contribution in [2.75, 3.05) is 17.5 Å². The monoisotopic (exact) mass is 595 g/mol. The number of carbonyl (C=O) groups excluding carboxylic acids is 1. The molecule has 2 aromatic carbocycles. The van der Waals surface area contributed by atoms with E-state index < -0.39 is 34.3 Å². The highest BCUT2D eigenvalue weighted by molar-refractivity contribution is 7.92. The number of carbonyl (C=O) groups is 1. The minimum Gasteiger partial charge on any atom is -0.455 e. The second-order valence-corrected chi connectivity index (χ2v) is 12.9. The van der Waals surface area contributed by atoms with Crippen molar-refractivity contribution in [3.05, 3.63) is 66.1 Å². The molecule has 1 fully saturated rings. The zero-order valence-corrected chi connectivity index (χ0v) is 24.9. The molecule has 2 N–H and O–H groups in total. The summed E-state index contributed by atoms with van der Waals surface area (Å²) in [5, 5.41) is 3.08. The van der Waals surface area contributed by atoms with Gasteiger partial charge < -0.3 is 23.8 Å². The van der Waals surface area contributed by atoms with E-state index in [0.29, 0.717) is 22.2 Å². The minimum atomic E-state index is -3.69. The van der Waals surface area contributed by atoms with Gasteiger partial charge in [0.25, 0.3) is 5.91 Å². The van der Waals surface area contributed by atoms with Gasteiger partial charge in [-0.1, -0.05) is 0 Å². The standard InChI is InChI=1S/C29H31BFN3O7S/c1-7-42(36,37)34-22-15-23-20(14-21(22)30-40-28(2,3)29(4,5)41-30)25(27(35)32-6)26(39-23)17-8-13-24(33-16-17)38-19-11-9-18(31)10-12-19/h8-16,34H,7H2,1-6H3,(H,32,35). The molecule has 0 unspecified atom stereocenters. The maximum absolute atomic E-state index is 13.2. The smallest absolute Gasteiger partial charge is 0.455 e. The second-order valence-electron chi connectivity index (χ2n) is 10.9. The maximum atomic E-state index is 13.2. The van der Waals surface area contributed by atoms with Crippen molar-refractivity contribution < 1.29 is 36.1 Å². The Balaban J connectivity index is 1.62. The lowest BCUT2D eigenvalue weighted by molar-refractivity contribution is 0.00578. The molecule has 1 amide bonds. The van der Waals surface area contributed by atoms with Crippen LogP contribution in [0.3, 0.4) is 0 Å². The molecule has 5 rings (SSSR count). The molecule has 0 aliphatic carbocycles. The second kappa shape index (κ2) is 10.7. The molecule has 220 valence electrons. The van der Waals surface area contributed by atoms with Gasteiger partial charge in [-0.15, -0.1) is 0 Å². The highest BCUT2D eigenvalue weighted by Gasteiger charge is 2.52. The average molecular weight is 595 g/mol. The normalized spacial score (nSPS) is 16.0. The number of hydrogen-bond acceptors (Lipinski definition) is 8. The summed E-state index contributed by atoms with van der Waals surface area (Å²) in [7, 11) is -3.11. The maximum Gasteiger partial charge on any atom is 0.497 e. The molecule has 13 heteroatoms. The number of hydrogen-bond donors (Lipinski definition) is 2. The van der Waals surface area contributed by atoms with Crippen LogP contribution in [0.5, 0.6) is 11.6 Å². The molecule has 10 nitrogen and oxygen atoms in total. The summed E-state index contributed by atoms with van der Waals surface area (Å²) in [5.41, 5.74) is 0.201. The molecule has 1 aliphatic rings. The van der Waals surface area contributed by atoms with Crippen LogP contribution in [0.1, 0.15) is 45.0 Å². The lowest BCUT2D eigenvalue weighted by Crippen LogP contribution is -2.41. The number of nitrogens with one attached hydrogen (secondary N) is 2. The van der Waals surface area contributed by atoms with Gasteiger partial charge in [0.15, 0.2) is 0 Å². The highest BCUT2D eigenvalue weighted by Crippen LogP contribution is 2.39. The van der Waals surface area contributed by atoms with E-state index in [9.17, 15) is 17.6 Å². The number of sulfonamides is 1. The molecule has 0 spiro atoms. The van der Waals surface area contributed by atoms with Crippen LogP contribution in [0.2, 0.25) is 0 Å². The third-order valence-corrected chi connectivity index (χ3v) is 8.79. The first kappa shape index (κ1) is 29.6. The summed E-state index contributed by atoms with van der Waals surface area (Å²) in [6.45, 7) is 9.10. The van der Waals surface area contributed by atoms with Gasteiger partial charge in [0, 0.05) is 41.8 Å². The minimum absolute atomic E-state index is 0.154. The molecule has 4 aromatic rings. The number of furan rings is 1. The van der Waals surface area contributed by atoms with Gasteiger partial charge in [-0.2, -0.15) is 0 Å². The largest absolute Gasteiger partial charge is 0.497 e. The number of aromatic nitrogens is 1. The fourth-order valence-corrected chi connectivity index (χ4v) is 5.06. The van der Waals surface area contributed by atoms with Crippen LogP contribution in [0.4, 0.5) is 10.1 Å². The summed E-state index contributed by atoms with van der Waals surface area (Å²) in [5.74, 6) is -0.0769. The van der Waals surface area contributed by atoms with E-state index in [2.05, 4.69) is 15.0 Å². The lowest BCUT2D eigenvalue weighted by atomic mass is 9.77. The number of rotatable bonds is 8. The summed E-state index contributed by atoms with van der Waals surface area (Å²) < 4.78 is 65.4. The SMILES string of the molecule is CCS(=O)(=O)Nc1cc2oc(-c3ccc(Oc4ccc(F)cc4)nc3)c(C(=O)NC)c2cc1B1OC(C)(C)C(C)(C)O1. The first-order valence-corrected chi connectivity index (χ1v) is 15.0. The first-order valence-electron chi connectivity index (χ1n) is 13.3. The highest BCUT2D eigenvalue weighted by atomic mass is 32.2. The van der Waals surface area contributed by atoms with Crippen molar-refractivity contribution in [1.82, 2.24) is 10.3 Å². The Kier molecular flexibility index (Phi) is 7.54. The number of benzene rings is 2. The third kappa shape index (κ3) is 5.59. The molecule has 42 heavy (non-hydrogen) atoms. The quantitative estimate of drug-likeness (QED) is 0.277. The summed E-state index contributed by atoms with van der Waals surface area (Å²) in [4.78, 5) is 17.5. The van der Waals surface area contributed by atoms with Crippen LogP contribution >= 0.6 is 0 Å². The van der Waals surface area contributed by atoms with Crippen molar-refractivity contribution in [2.45, 2.75) is 45.8 Å². The first-order chi connectivity index (χ1) is 19.7. The number of ether oxygens (including phenoxy) is 1. The Morgan fingerprint density at radius 2 is 1.71 bits per heavy atom. The molecule has 2 aromatic heterocycles. The van der Waals surface area contributed by atoms with Crippen molar-refractivity contribution in [3.63, 3.8) is 0 Å². The van der Waals surface area contributed by atoms with Crippen molar-refractivity contribution >= 4 is 45.2 Å². The summed E-state index contributed by atoms with van der Waals surface area (Å²) in [6, 6.07) is 12.0. The van der Waals surface area contributed by atoms with Gasteiger partial charge in [-0.25, -0.2) is 17.8 Å². The Morgan fingerprint density at radius 3 is 2.29 bits per heavy atom. The molecule has 1 aliphatic heterocycles. The van der Waals surface area contributed by atoms with E-state index in [4.69, 9.17) is 18.5 Å². The molecule has 0 atom stereocenters. The van der Waals surface area contributed by atoms with Crippen molar-refractivity contribution in [3.8, 4) is 23.0 Å². The van der Waals surface area contributed by atoms with E-state index in [1.165, 1.54) is 50.5 Å². The van der Waals surface area contributed by atoms with Gasteiger partial charge in [-0.05, 0) is 71.0 Å². The average Bonchev–Trinajstić information content (AvgIpc) is 3.41. The van der Waals surface area contributed by atoms with Gasteiger partial charge in [0.1, 0.15) is 22.9 Å². The lowest BCUT2D eigenvalue weighted by Gasteiger charge is -2.32. The Hall–Kier alpha value is -3.94. The zero-order chi connectivity index (χ0) is 30.4. The fourth-order valence-electron chi connectivity index (χ4n) is 4.40. The number of pyridine rings is 1. The molecular formula is C29H31BFN3O7S. The van der Waals surface area contributed by atoms with E-state index in [1.807, 2.05) is 27.7 Å². The number of nitrogens with zero attached hydrogens (tertiary/aromatic N) is 1. The third-order valence-electron chi connectivity index (χ3n) is 7.50. The van der Waals surface area contributed by atoms with Crippen LogP contribution in [0.15, 0.2) is 59.1 Å². The number of halogens is 1. The van der Waals surface area contributed by atoms with E-state index >= 15 is 0 Å². The number of fused-ring (bicyclic) bond motifs is 1. The Bertz CT molecular complexity index is 1740. The van der Waals surface area contributed by atoms with Gasteiger partial charge in [0.05, 0.1) is 28.2 Å². The molecule has 1 saturated heterocycles. The van der Waals surface area contributed by atoms with Crippen molar-refractivity contribution in [2.24, 2.45) is 0 Å². The van der Waals surface area contributed by atoms with E-state index in [1.54, 1.807) is 18.2 Å².